The molecule has 6 heteroatoms. The Morgan fingerprint density at radius 1 is 1.42 bits per heavy atom. The molecule has 0 bridgehead atoms. The highest BCUT2D eigenvalue weighted by Gasteiger charge is 2.18. The van der Waals surface area contributed by atoms with Crippen molar-refractivity contribution in [3.8, 4) is 11.4 Å². The molecule has 2 N–H and O–H groups in total. The summed E-state index contributed by atoms with van der Waals surface area (Å²) in [5.74, 6) is -1.00. The van der Waals surface area contributed by atoms with Crippen molar-refractivity contribution in [2.24, 2.45) is 7.05 Å². The molecule has 5 nitrogen and oxygen atoms in total. The number of aromatic nitrogens is 3. The van der Waals surface area contributed by atoms with E-state index in [0.717, 1.165) is 10.9 Å². The van der Waals surface area contributed by atoms with E-state index >= 15 is 0 Å². The number of aromatic amines is 1. The van der Waals surface area contributed by atoms with Gasteiger partial charge in [0.05, 0.1) is 17.6 Å². The smallest absolute Gasteiger partial charge is 0.339 e. The van der Waals surface area contributed by atoms with Crippen molar-refractivity contribution in [3.05, 3.63) is 41.0 Å². The van der Waals surface area contributed by atoms with Crippen LogP contribution in [0, 0.1) is 0 Å². The van der Waals surface area contributed by atoms with Crippen molar-refractivity contribution in [3.63, 3.8) is 0 Å². The van der Waals surface area contributed by atoms with Gasteiger partial charge in [-0.15, -0.1) is 0 Å². The first-order chi connectivity index (χ1) is 9.06. The summed E-state index contributed by atoms with van der Waals surface area (Å²) >= 11 is 5.93. The number of H-pyrrole nitrogens is 1. The lowest BCUT2D eigenvalue weighted by atomic mass is 10.2. The van der Waals surface area contributed by atoms with Crippen LogP contribution in [-0.2, 0) is 7.05 Å². The third-order valence-electron chi connectivity index (χ3n) is 3.01. The van der Waals surface area contributed by atoms with Gasteiger partial charge in [-0.3, -0.25) is 4.68 Å². The quantitative estimate of drug-likeness (QED) is 0.755. The summed E-state index contributed by atoms with van der Waals surface area (Å²) in [5, 5.41) is 14.8. The summed E-state index contributed by atoms with van der Waals surface area (Å²) in [6, 6.07) is 7.36. The number of aromatic carboxylic acids is 1. The fraction of sp³-hybridized carbons (Fsp3) is 0.0769. The predicted molar refractivity (Wildman–Crippen MR) is 72.5 cm³/mol. The molecule has 0 aliphatic carbocycles. The second kappa shape index (κ2) is 4.13. The zero-order valence-corrected chi connectivity index (χ0v) is 10.8. The topological polar surface area (TPSA) is 70.9 Å². The van der Waals surface area contributed by atoms with Gasteiger partial charge in [-0.05, 0) is 18.2 Å². The SMILES string of the molecule is Cn1ncc(C(=O)O)c1-c1cc2ccc(Cl)cc2[nH]1. The van der Waals surface area contributed by atoms with E-state index in [1.54, 1.807) is 19.2 Å². The van der Waals surface area contributed by atoms with E-state index in [2.05, 4.69) is 10.1 Å². The third-order valence-corrected chi connectivity index (χ3v) is 3.24. The lowest BCUT2D eigenvalue weighted by Crippen LogP contribution is -2.00. The molecule has 2 heterocycles. The van der Waals surface area contributed by atoms with E-state index < -0.39 is 5.97 Å². The normalized spacial score (nSPS) is 11.1. The van der Waals surface area contributed by atoms with Crippen LogP contribution in [0.2, 0.25) is 5.02 Å². The van der Waals surface area contributed by atoms with Crippen LogP contribution in [0.15, 0.2) is 30.5 Å². The minimum atomic E-state index is -1.00. The molecule has 0 atom stereocenters. The standard InChI is InChI=1S/C13H10ClN3O2/c1-17-12(9(6-15-17)13(18)19)11-4-7-2-3-8(14)5-10(7)16-11/h2-6,16H,1H3,(H,18,19). The monoisotopic (exact) mass is 275 g/mol. The van der Waals surface area contributed by atoms with E-state index in [1.165, 1.54) is 10.9 Å². The van der Waals surface area contributed by atoms with Gasteiger partial charge in [-0.2, -0.15) is 5.10 Å². The van der Waals surface area contributed by atoms with Crippen molar-refractivity contribution >= 4 is 28.5 Å². The van der Waals surface area contributed by atoms with Gasteiger partial charge in [0, 0.05) is 23.0 Å². The number of carbonyl (C=O) groups is 1. The maximum Gasteiger partial charge on any atom is 0.339 e. The summed E-state index contributed by atoms with van der Waals surface area (Å²) in [5.41, 5.74) is 2.27. The average Bonchev–Trinajstić information content (AvgIpc) is 2.91. The minimum absolute atomic E-state index is 0.167. The molecule has 2 aromatic heterocycles. The van der Waals surface area contributed by atoms with Crippen molar-refractivity contribution in [1.29, 1.82) is 0 Å². The predicted octanol–water partition coefficient (Wildman–Crippen LogP) is 2.92. The van der Waals surface area contributed by atoms with Crippen LogP contribution in [0.4, 0.5) is 0 Å². The maximum absolute atomic E-state index is 11.2. The van der Waals surface area contributed by atoms with E-state index in [0.29, 0.717) is 16.4 Å². The molecule has 1 aromatic carbocycles. The number of hydrogen-bond acceptors (Lipinski definition) is 2. The van der Waals surface area contributed by atoms with Gasteiger partial charge >= 0.3 is 5.97 Å². The first kappa shape index (κ1) is 11.8. The number of aryl methyl sites for hydroxylation is 1. The van der Waals surface area contributed by atoms with E-state index in [9.17, 15) is 9.90 Å². The highest BCUT2D eigenvalue weighted by molar-refractivity contribution is 6.31. The summed E-state index contributed by atoms with van der Waals surface area (Å²) in [6.07, 6.45) is 1.34. The summed E-state index contributed by atoms with van der Waals surface area (Å²) in [4.78, 5) is 14.4. The van der Waals surface area contributed by atoms with Gasteiger partial charge in [0.1, 0.15) is 5.56 Å². The molecule has 0 saturated heterocycles. The van der Waals surface area contributed by atoms with Gasteiger partial charge in [0.25, 0.3) is 0 Å². The minimum Gasteiger partial charge on any atom is -0.478 e. The number of benzene rings is 1. The van der Waals surface area contributed by atoms with Crippen LogP contribution < -0.4 is 0 Å². The lowest BCUT2D eigenvalue weighted by molar-refractivity contribution is 0.0697. The summed E-state index contributed by atoms with van der Waals surface area (Å²) < 4.78 is 1.54. The number of rotatable bonds is 2. The molecule has 0 radical (unpaired) electrons. The van der Waals surface area contributed by atoms with Crippen LogP contribution in [0.3, 0.4) is 0 Å². The van der Waals surface area contributed by atoms with Crippen molar-refractivity contribution in [2.45, 2.75) is 0 Å². The number of fused-ring (bicyclic) bond motifs is 1. The van der Waals surface area contributed by atoms with E-state index in [1.807, 2.05) is 12.1 Å². The fourth-order valence-electron chi connectivity index (χ4n) is 2.14. The molecule has 19 heavy (non-hydrogen) atoms. The van der Waals surface area contributed by atoms with E-state index in [4.69, 9.17) is 11.6 Å². The number of hydrogen-bond donors (Lipinski definition) is 2. The van der Waals surface area contributed by atoms with Crippen LogP contribution >= 0.6 is 11.6 Å². The number of halogens is 1. The molecule has 0 unspecified atom stereocenters. The summed E-state index contributed by atoms with van der Waals surface area (Å²) in [7, 11) is 1.71. The molecule has 0 aliphatic rings. The van der Waals surface area contributed by atoms with Gasteiger partial charge in [-0.1, -0.05) is 17.7 Å². The Balaban J connectivity index is 2.24. The lowest BCUT2D eigenvalue weighted by Gasteiger charge is -2.00. The molecule has 0 spiro atoms. The Morgan fingerprint density at radius 3 is 2.95 bits per heavy atom. The van der Waals surface area contributed by atoms with Crippen molar-refractivity contribution in [1.82, 2.24) is 14.8 Å². The molecule has 96 valence electrons. The molecule has 0 aliphatic heterocycles. The van der Waals surface area contributed by atoms with Crippen molar-refractivity contribution in [2.75, 3.05) is 0 Å². The molecule has 3 rings (SSSR count). The maximum atomic E-state index is 11.2. The number of carboxylic acids is 1. The van der Waals surface area contributed by atoms with Crippen LogP contribution in [0.1, 0.15) is 10.4 Å². The molecule has 3 aromatic rings. The van der Waals surface area contributed by atoms with Gasteiger partial charge < -0.3 is 10.1 Å². The van der Waals surface area contributed by atoms with Crippen LogP contribution in [-0.4, -0.2) is 25.8 Å². The number of nitrogens with zero attached hydrogens (tertiary/aromatic N) is 2. The largest absolute Gasteiger partial charge is 0.478 e. The summed E-state index contributed by atoms with van der Waals surface area (Å²) in [6.45, 7) is 0. The van der Waals surface area contributed by atoms with Crippen LogP contribution in [0.5, 0.6) is 0 Å². The molecular formula is C13H10ClN3O2. The number of carboxylic acid groups (broad SMARTS) is 1. The molecular weight excluding hydrogens is 266 g/mol. The zero-order valence-electron chi connectivity index (χ0n) is 10.0. The Hall–Kier alpha value is -2.27. The highest BCUT2D eigenvalue weighted by Crippen LogP contribution is 2.28. The zero-order chi connectivity index (χ0) is 13.6. The number of nitrogens with one attached hydrogen (secondary N) is 1. The Morgan fingerprint density at radius 2 is 2.21 bits per heavy atom. The Kier molecular flexibility index (Phi) is 2.57. The third kappa shape index (κ3) is 1.88. The molecule has 0 saturated carbocycles. The molecule has 0 fully saturated rings. The van der Waals surface area contributed by atoms with Crippen LogP contribution in [0.25, 0.3) is 22.3 Å². The Bertz CT molecular complexity index is 788. The van der Waals surface area contributed by atoms with Crippen molar-refractivity contribution < 1.29 is 9.90 Å². The molecule has 0 amide bonds. The highest BCUT2D eigenvalue weighted by atomic mass is 35.5. The first-order valence-electron chi connectivity index (χ1n) is 5.60. The van der Waals surface area contributed by atoms with E-state index in [-0.39, 0.29) is 5.56 Å². The second-order valence-corrected chi connectivity index (χ2v) is 4.69. The van der Waals surface area contributed by atoms with Gasteiger partial charge in [0.15, 0.2) is 0 Å². The Labute approximate surface area is 113 Å². The van der Waals surface area contributed by atoms with Gasteiger partial charge in [-0.25, -0.2) is 4.79 Å². The first-order valence-corrected chi connectivity index (χ1v) is 5.98. The van der Waals surface area contributed by atoms with Gasteiger partial charge in [0.2, 0.25) is 0 Å². The average molecular weight is 276 g/mol. The second-order valence-electron chi connectivity index (χ2n) is 4.25. The fourth-order valence-corrected chi connectivity index (χ4v) is 2.31.